The van der Waals surface area contributed by atoms with Crippen LogP contribution in [0.3, 0.4) is 0 Å². The van der Waals surface area contributed by atoms with Crippen molar-refractivity contribution >= 4 is 5.71 Å². The van der Waals surface area contributed by atoms with Crippen LogP contribution in [0.4, 0.5) is 8.78 Å². The van der Waals surface area contributed by atoms with Crippen molar-refractivity contribution in [2.24, 2.45) is 5.16 Å². The van der Waals surface area contributed by atoms with Crippen molar-refractivity contribution in [3.05, 3.63) is 64.7 Å². The second-order valence-electron chi connectivity index (χ2n) is 4.85. The molecule has 21 heavy (non-hydrogen) atoms. The molecule has 0 bridgehead atoms. The fraction of sp³-hybridized carbons (Fsp3) is 0.188. The summed E-state index contributed by atoms with van der Waals surface area (Å²) in [6, 6.07) is 8.86. The van der Waals surface area contributed by atoms with E-state index in [1.165, 1.54) is 12.1 Å². The SMILES string of the molecule is ON=C1CCc2c(OCc3ccc(F)cc3F)cccc21. The molecule has 0 atom stereocenters. The topological polar surface area (TPSA) is 41.8 Å². The van der Waals surface area contributed by atoms with Gasteiger partial charge in [-0.1, -0.05) is 17.3 Å². The number of fused-ring (bicyclic) bond motifs is 1. The molecule has 1 N–H and O–H groups in total. The molecule has 0 aliphatic heterocycles. The van der Waals surface area contributed by atoms with E-state index in [2.05, 4.69) is 5.16 Å². The zero-order valence-corrected chi connectivity index (χ0v) is 11.1. The molecule has 3 rings (SSSR count). The largest absolute Gasteiger partial charge is 0.488 e. The number of ether oxygens (including phenoxy) is 1. The highest BCUT2D eigenvalue weighted by atomic mass is 19.1. The summed E-state index contributed by atoms with van der Waals surface area (Å²) in [7, 11) is 0. The van der Waals surface area contributed by atoms with Gasteiger partial charge < -0.3 is 9.94 Å². The Morgan fingerprint density at radius 2 is 2.00 bits per heavy atom. The van der Waals surface area contributed by atoms with Crippen LogP contribution in [0.2, 0.25) is 0 Å². The van der Waals surface area contributed by atoms with E-state index in [9.17, 15) is 8.78 Å². The van der Waals surface area contributed by atoms with Crippen molar-refractivity contribution in [2.45, 2.75) is 19.4 Å². The first-order chi connectivity index (χ1) is 10.2. The van der Waals surface area contributed by atoms with Gasteiger partial charge in [-0.2, -0.15) is 0 Å². The lowest BCUT2D eigenvalue weighted by Crippen LogP contribution is -2.01. The fourth-order valence-electron chi connectivity index (χ4n) is 2.51. The monoisotopic (exact) mass is 289 g/mol. The van der Waals surface area contributed by atoms with Gasteiger partial charge in [-0.25, -0.2) is 8.78 Å². The summed E-state index contributed by atoms with van der Waals surface area (Å²) in [6.45, 7) is 0.0220. The standard InChI is InChI=1S/C16H13F2NO2/c17-11-5-4-10(14(18)8-11)9-21-16-3-1-2-12-13(16)6-7-15(12)19-20/h1-5,8,20H,6-7,9H2. The van der Waals surface area contributed by atoms with Gasteiger partial charge in [0.25, 0.3) is 0 Å². The van der Waals surface area contributed by atoms with Gasteiger partial charge >= 0.3 is 0 Å². The predicted molar refractivity (Wildman–Crippen MR) is 73.8 cm³/mol. The van der Waals surface area contributed by atoms with E-state index < -0.39 is 11.6 Å². The highest BCUT2D eigenvalue weighted by Gasteiger charge is 2.21. The Bertz CT molecular complexity index is 713. The summed E-state index contributed by atoms with van der Waals surface area (Å²) in [5, 5.41) is 12.2. The first kappa shape index (κ1) is 13.5. The summed E-state index contributed by atoms with van der Waals surface area (Å²) in [6.07, 6.45) is 1.37. The number of oxime groups is 1. The minimum atomic E-state index is -0.625. The summed E-state index contributed by atoms with van der Waals surface area (Å²) in [5.41, 5.74) is 2.73. The molecule has 0 radical (unpaired) electrons. The molecule has 0 unspecified atom stereocenters. The Hall–Kier alpha value is -2.43. The number of benzene rings is 2. The molecule has 1 aliphatic carbocycles. The Morgan fingerprint density at radius 1 is 1.14 bits per heavy atom. The minimum absolute atomic E-state index is 0.0220. The summed E-state index contributed by atoms with van der Waals surface area (Å²) < 4.78 is 32.1. The molecule has 0 saturated carbocycles. The van der Waals surface area contributed by atoms with E-state index in [-0.39, 0.29) is 6.61 Å². The Morgan fingerprint density at radius 3 is 2.76 bits per heavy atom. The molecule has 3 nitrogen and oxygen atoms in total. The molecule has 108 valence electrons. The first-order valence-corrected chi connectivity index (χ1v) is 6.59. The molecule has 2 aromatic carbocycles. The van der Waals surface area contributed by atoms with E-state index in [1.54, 1.807) is 12.1 Å². The molecule has 0 saturated heterocycles. The van der Waals surface area contributed by atoms with Gasteiger partial charge in [0.15, 0.2) is 0 Å². The van der Waals surface area contributed by atoms with E-state index in [1.807, 2.05) is 6.07 Å². The van der Waals surface area contributed by atoms with Crippen LogP contribution in [-0.4, -0.2) is 10.9 Å². The smallest absolute Gasteiger partial charge is 0.132 e. The molecule has 0 spiro atoms. The third-order valence-corrected chi connectivity index (χ3v) is 3.57. The summed E-state index contributed by atoms with van der Waals surface area (Å²) in [5.74, 6) is -0.601. The zero-order valence-electron chi connectivity index (χ0n) is 11.1. The number of nitrogens with zero attached hydrogens (tertiary/aromatic N) is 1. The average molecular weight is 289 g/mol. The van der Waals surface area contributed by atoms with Gasteiger partial charge in [-0.3, -0.25) is 0 Å². The van der Waals surface area contributed by atoms with Crippen molar-refractivity contribution in [2.75, 3.05) is 0 Å². The zero-order chi connectivity index (χ0) is 14.8. The van der Waals surface area contributed by atoms with Crippen LogP contribution in [0.15, 0.2) is 41.6 Å². The lowest BCUT2D eigenvalue weighted by Gasteiger charge is -2.11. The van der Waals surface area contributed by atoms with Crippen LogP contribution in [0.1, 0.15) is 23.1 Å². The number of halogens is 2. The molecular formula is C16H13F2NO2. The molecule has 0 heterocycles. The van der Waals surface area contributed by atoms with Gasteiger partial charge in [-0.05, 0) is 31.0 Å². The van der Waals surface area contributed by atoms with Crippen LogP contribution in [0.5, 0.6) is 5.75 Å². The fourth-order valence-corrected chi connectivity index (χ4v) is 2.51. The van der Waals surface area contributed by atoms with E-state index in [0.717, 1.165) is 23.6 Å². The van der Waals surface area contributed by atoms with Gasteiger partial charge in [0.2, 0.25) is 0 Å². The van der Waals surface area contributed by atoms with Crippen molar-refractivity contribution in [3.8, 4) is 5.75 Å². The van der Waals surface area contributed by atoms with Crippen LogP contribution in [0, 0.1) is 11.6 Å². The number of rotatable bonds is 3. The average Bonchev–Trinajstić information content (AvgIpc) is 2.90. The van der Waals surface area contributed by atoms with Gasteiger partial charge in [-0.15, -0.1) is 0 Å². The third kappa shape index (κ3) is 2.59. The van der Waals surface area contributed by atoms with Crippen molar-refractivity contribution in [3.63, 3.8) is 0 Å². The molecular weight excluding hydrogens is 276 g/mol. The minimum Gasteiger partial charge on any atom is -0.488 e. The Labute approximate surface area is 120 Å². The van der Waals surface area contributed by atoms with E-state index in [0.29, 0.717) is 23.4 Å². The van der Waals surface area contributed by atoms with Crippen molar-refractivity contribution in [1.29, 1.82) is 0 Å². The van der Waals surface area contributed by atoms with Gasteiger partial charge in [0.1, 0.15) is 24.0 Å². The highest BCUT2D eigenvalue weighted by molar-refractivity contribution is 6.04. The second-order valence-corrected chi connectivity index (χ2v) is 4.85. The number of hydrogen-bond donors (Lipinski definition) is 1. The van der Waals surface area contributed by atoms with Crippen LogP contribution in [-0.2, 0) is 13.0 Å². The normalized spacial score (nSPS) is 15.2. The van der Waals surface area contributed by atoms with Gasteiger partial charge in [0, 0.05) is 22.8 Å². The lowest BCUT2D eigenvalue weighted by molar-refractivity contribution is 0.296. The maximum atomic E-state index is 13.6. The quantitative estimate of drug-likeness (QED) is 0.692. The molecule has 0 fully saturated rings. The molecule has 1 aliphatic rings. The molecule has 5 heteroatoms. The first-order valence-electron chi connectivity index (χ1n) is 6.59. The predicted octanol–water partition coefficient (Wildman–Crippen LogP) is 3.67. The van der Waals surface area contributed by atoms with Crippen molar-refractivity contribution < 1.29 is 18.7 Å². The van der Waals surface area contributed by atoms with Crippen LogP contribution >= 0.6 is 0 Å². The lowest BCUT2D eigenvalue weighted by atomic mass is 10.1. The van der Waals surface area contributed by atoms with E-state index in [4.69, 9.17) is 9.94 Å². The highest BCUT2D eigenvalue weighted by Crippen LogP contribution is 2.31. The Kier molecular flexibility index (Phi) is 3.56. The second kappa shape index (κ2) is 5.52. The third-order valence-electron chi connectivity index (χ3n) is 3.57. The maximum absolute atomic E-state index is 13.6. The number of hydrogen-bond acceptors (Lipinski definition) is 3. The van der Waals surface area contributed by atoms with E-state index >= 15 is 0 Å². The van der Waals surface area contributed by atoms with Gasteiger partial charge in [0.05, 0.1) is 5.71 Å². The molecule has 0 amide bonds. The van der Waals surface area contributed by atoms with Crippen molar-refractivity contribution in [1.82, 2.24) is 0 Å². The Balaban J connectivity index is 1.82. The van der Waals surface area contributed by atoms with Crippen LogP contribution < -0.4 is 4.74 Å². The summed E-state index contributed by atoms with van der Waals surface area (Å²) in [4.78, 5) is 0. The maximum Gasteiger partial charge on any atom is 0.132 e. The molecule has 2 aromatic rings. The van der Waals surface area contributed by atoms with Crippen LogP contribution in [0.25, 0.3) is 0 Å². The summed E-state index contributed by atoms with van der Waals surface area (Å²) >= 11 is 0. The molecule has 0 aromatic heterocycles.